The fourth-order valence-electron chi connectivity index (χ4n) is 3.22. The first-order chi connectivity index (χ1) is 14.8. The molecule has 2 heterocycles. The number of alkyl halides is 2. The summed E-state index contributed by atoms with van der Waals surface area (Å²) in [5.74, 6) is -2.71. The molecule has 1 fully saturated rings. The van der Waals surface area contributed by atoms with E-state index in [2.05, 4.69) is 25.8 Å². The molecule has 1 saturated carbocycles. The van der Waals surface area contributed by atoms with E-state index in [0.717, 1.165) is 26.0 Å². The predicted octanol–water partition coefficient (Wildman–Crippen LogP) is 4.09. The molecule has 1 aliphatic rings. The lowest BCUT2D eigenvalue weighted by atomic mass is 10.1. The Kier molecular flexibility index (Phi) is 5.30. The summed E-state index contributed by atoms with van der Waals surface area (Å²) in [5.41, 5.74) is 1.51. The number of aromatic nitrogens is 4. The number of hydrogen-bond donors (Lipinski definition) is 2. The topological polar surface area (TPSA) is 94.0 Å². The van der Waals surface area contributed by atoms with Crippen LogP contribution in [0.15, 0.2) is 36.7 Å². The first-order valence-electron chi connectivity index (χ1n) is 9.76. The van der Waals surface area contributed by atoms with Gasteiger partial charge < -0.3 is 15.4 Å². The van der Waals surface area contributed by atoms with Crippen LogP contribution in [0.5, 0.6) is 5.75 Å². The zero-order valence-electron chi connectivity index (χ0n) is 17.3. The number of halogens is 2. The van der Waals surface area contributed by atoms with Crippen molar-refractivity contribution < 1.29 is 18.3 Å². The number of methoxy groups -OCH3 is 1. The largest absolute Gasteiger partial charge is 0.494 e. The van der Waals surface area contributed by atoms with Gasteiger partial charge in [-0.2, -0.15) is 15.0 Å². The Morgan fingerprint density at radius 2 is 2.03 bits per heavy atom. The van der Waals surface area contributed by atoms with E-state index in [-0.39, 0.29) is 28.9 Å². The number of benzene rings is 1. The molecule has 0 saturated heterocycles. The quantitative estimate of drug-likeness (QED) is 0.589. The van der Waals surface area contributed by atoms with E-state index < -0.39 is 5.92 Å². The number of carbonyl (C=O) groups is 1. The summed E-state index contributed by atoms with van der Waals surface area (Å²) in [6.45, 7) is 0.796. The highest BCUT2D eigenvalue weighted by Crippen LogP contribution is 2.40. The highest BCUT2D eigenvalue weighted by atomic mass is 19.3. The summed E-state index contributed by atoms with van der Waals surface area (Å²) in [6.07, 6.45) is 4.32. The van der Waals surface area contributed by atoms with Crippen molar-refractivity contribution in [2.45, 2.75) is 25.7 Å². The molecule has 3 aromatic rings. The molecule has 10 heteroatoms. The second-order valence-electron chi connectivity index (χ2n) is 7.50. The Morgan fingerprint density at radius 1 is 1.26 bits per heavy atom. The highest BCUT2D eigenvalue weighted by molar-refractivity contribution is 5.93. The maximum absolute atomic E-state index is 14.3. The minimum absolute atomic E-state index is 0.0331. The number of amides is 1. The lowest BCUT2D eigenvalue weighted by Crippen LogP contribution is -2.16. The van der Waals surface area contributed by atoms with Crippen molar-refractivity contribution in [3.8, 4) is 17.0 Å². The molecule has 0 spiro atoms. The smallest absolute Gasteiger partial charge is 0.274 e. The average molecular weight is 428 g/mol. The van der Waals surface area contributed by atoms with Gasteiger partial charge in [-0.15, -0.1) is 0 Å². The minimum Gasteiger partial charge on any atom is -0.494 e. The van der Waals surface area contributed by atoms with Crippen LogP contribution in [-0.4, -0.2) is 33.0 Å². The SMILES string of the molecule is COc1c(Nc2cc(NC(=O)C3CC3)ncc2C(C)(F)F)cccc1-c1cnn(C)n1. The Labute approximate surface area is 177 Å². The van der Waals surface area contributed by atoms with Crippen molar-refractivity contribution in [1.82, 2.24) is 20.0 Å². The molecule has 2 N–H and O–H groups in total. The number of nitrogens with zero attached hydrogens (tertiary/aromatic N) is 4. The summed E-state index contributed by atoms with van der Waals surface area (Å²) in [5, 5.41) is 14.1. The Balaban J connectivity index is 1.72. The van der Waals surface area contributed by atoms with E-state index in [0.29, 0.717) is 22.7 Å². The molecule has 0 atom stereocenters. The van der Waals surface area contributed by atoms with Crippen molar-refractivity contribution in [1.29, 1.82) is 0 Å². The van der Waals surface area contributed by atoms with Gasteiger partial charge in [-0.25, -0.2) is 13.8 Å². The van der Waals surface area contributed by atoms with Crippen LogP contribution in [0.4, 0.5) is 26.0 Å². The van der Waals surface area contributed by atoms with Gasteiger partial charge in [0, 0.05) is 37.7 Å². The average Bonchev–Trinajstić information content (AvgIpc) is 3.48. The van der Waals surface area contributed by atoms with Crippen molar-refractivity contribution in [3.63, 3.8) is 0 Å². The molecular formula is C21H22F2N6O2. The van der Waals surface area contributed by atoms with Crippen LogP contribution in [0, 0.1) is 5.92 Å². The fourth-order valence-corrected chi connectivity index (χ4v) is 3.22. The summed E-state index contributed by atoms with van der Waals surface area (Å²) in [4.78, 5) is 17.5. The molecule has 31 heavy (non-hydrogen) atoms. The van der Waals surface area contributed by atoms with Gasteiger partial charge in [0.15, 0.2) is 5.75 Å². The van der Waals surface area contributed by atoms with Crippen LogP contribution in [-0.2, 0) is 17.8 Å². The van der Waals surface area contributed by atoms with Crippen molar-refractivity contribution in [2.24, 2.45) is 13.0 Å². The molecule has 1 amide bonds. The standard InChI is InChI=1S/C21H22F2N6O2/c1-21(22,23)14-10-24-18(27-20(30)12-7-8-12)9-16(14)26-15-6-4-5-13(19(15)31-3)17-11-25-29(2)28-17/h4-6,9-12H,7-8H2,1-3H3,(H2,24,26,27,30). The van der Waals surface area contributed by atoms with Crippen LogP contribution in [0.25, 0.3) is 11.3 Å². The molecule has 1 aromatic carbocycles. The fraction of sp³-hybridized carbons (Fsp3) is 0.333. The number of carbonyl (C=O) groups excluding carboxylic acids is 1. The molecule has 1 aliphatic carbocycles. The number of aryl methyl sites for hydroxylation is 1. The second-order valence-corrected chi connectivity index (χ2v) is 7.50. The van der Waals surface area contributed by atoms with Crippen molar-refractivity contribution in [2.75, 3.05) is 17.7 Å². The number of ether oxygens (including phenoxy) is 1. The molecule has 0 aliphatic heterocycles. The predicted molar refractivity (Wildman–Crippen MR) is 111 cm³/mol. The van der Waals surface area contributed by atoms with Gasteiger partial charge in [0.05, 0.1) is 30.2 Å². The summed E-state index contributed by atoms with van der Waals surface area (Å²) >= 11 is 0. The number of nitrogens with one attached hydrogen (secondary N) is 2. The van der Waals surface area contributed by atoms with Crippen LogP contribution >= 0.6 is 0 Å². The van der Waals surface area contributed by atoms with Gasteiger partial charge in [-0.05, 0) is 25.0 Å². The maximum Gasteiger partial charge on any atom is 0.274 e. The van der Waals surface area contributed by atoms with Gasteiger partial charge in [0.2, 0.25) is 5.91 Å². The summed E-state index contributed by atoms with van der Waals surface area (Å²) in [6, 6.07) is 6.67. The molecule has 0 bridgehead atoms. The van der Waals surface area contributed by atoms with Gasteiger partial charge in [-0.3, -0.25) is 4.79 Å². The molecule has 4 rings (SSSR count). The number of hydrogen-bond acceptors (Lipinski definition) is 6. The van der Waals surface area contributed by atoms with E-state index in [1.165, 1.54) is 18.0 Å². The summed E-state index contributed by atoms with van der Waals surface area (Å²) in [7, 11) is 3.19. The van der Waals surface area contributed by atoms with Crippen molar-refractivity contribution in [3.05, 3.63) is 42.2 Å². The minimum atomic E-state index is -3.15. The zero-order chi connectivity index (χ0) is 22.2. The number of anilines is 3. The Hall–Kier alpha value is -3.56. The Morgan fingerprint density at radius 3 is 2.65 bits per heavy atom. The third kappa shape index (κ3) is 4.47. The van der Waals surface area contributed by atoms with Gasteiger partial charge in [-0.1, -0.05) is 6.07 Å². The maximum atomic E-state index is 14.3. The van der Waals surface area contributed by atoms with E-state index in [1.807, 2.05) is 0 Å². The number of rotatable bonds is 7. The highest BCUT2D eigenvalue weighted by Gasteiger charge is 2.32. The monoisotopic (exact) mass is 428 g/mol. The van der Waals surface area contributed by atoms with E-state index >= 15 is 0 Å². The third-order valence-corrected chi connectivity index (χ3v) is 4.94. The van der Waals surface area contributed by atoms with E-state index in [4.69, 9.17) is 4.74 Å². The Bertz CT molecular complexity index is 1120. The molecule has 162 valence electrons. The van der Waals surface area contributed by atoms with E-state index in [1.54, 1.807) is 31.4 Å². The molecular weight excluding hydrogens is 406 g/mol. The van der Waals surface area contributed by atoms with Crippen LogP contribution in [0.3, 0.4) is 0 Å². The van der Waals surface area contributed by atoms with Crippen LogP contribution in [0.1, 0.15) is 25.3 Å². The molecule has 2 aromatic heterocycles. The molecule has 0 radical (unpaired) electrons. The van der Waals surface area contributed by atoms with Crippen LogP contribution in [0.2, 0.25) is 0 Å². The lowest BCUT2D eigenvalue weighted by molar-refractivity contribution is -0.117. The number of para-hydroxylation sites is 1. The number of pyridine rings is 1. The summed E-state index contributed by atoms with van der Waals surface area (Å²) < 4.78 is 34.1. The van der Waals surface area contributed by atoms with Gasteiger partial charge in [0.25, 0.3) is 5.92 Å². The first-order valence-corrected chi connectivity index (χ1v) is 9.76. The van der Waals surface area contributed by atoms with E-state index in [9.17, 15) is 13.6 Å². The third-order valence-electron chi connectivity index (χ3n) is 4.94. The normalized spacial score (nSPS) is 13.7. The van der Waals surface area contributed by atoms with Crippen LogP contribution < -0.4 is 15.4 Å². The molecule has 0 unspecified atom stereocenters. The molecule has 8 nitrogen and oxygen atoms in total. The van der Waals surface area contributed by atoms with Gasteiger partial charge in [0.1, 0.15) is 11.5 Å². The zero-order valence-corrected chi connectivity index (χ0v) is 17.3. The van der Waals surface area contributed by atoms with Crippen molar-refractivity contribution >= 4 is 23.1 Å². The first kappa shape index (κ1) is 20.7. The lowest BCUT2D eigenvalue weighted by Gasteiger charge is -2.20. The second kappa shape index (κ2) is 7.93. The van der Waals surface area contributed by atoms with Gasteiger partial charge >= 0.3 is 0 Å².